The maximum Gasteiger partial charge on any atom is 0.334 e. The van der Waals surface area contributed by atoms with Gasteiger partial charge < -0.3 is 14.6 Å². The van der Waals surface area contributed by atoms with Gasteiger partial charge in [0.25, 0.3) is 0 Å². The number of carboxylic acids is 1. The van der Waals surface area contributed by atoms with Crippen LogP contribution in [0.5, 0.6) is 0 Å². The van der Waals surface area contributed by atoms with Crippen LogP contribution in [-0.4, -0.2) is 35.2 Å². The van der Waals surface area contributed by atoms with Gasteiger partial charge in [-0.1, -0.05) is 20.4 Å². The van der Waals surface area contributed by atoms with E-state index in [2.05, 4.69) is 6.58 Å². The first-order valence-corrected chi connectivity index (χ1v) is 7.04. The van der Waals surface area contributed by atoms with Gasteiger partial charge >= 0.3 is 17.9 Å². The Bertz CT molecular complexity index is 401. The van der Waals surface area contributed by atoms with Gasteiger partial charge in [0.2, 0.25) is 0 Å². The van der Waals surface area contributed by atoms with Crippen LogP contribution in [0.15, 0.2) is 12.2 Å². The number of ether oxygens (including phenoxy) is 2. The molecule has 0 fully saturated rings. The number of hydrogen-bond acceptors (Lipinski definition) is 5. The van der Waals surface area contributed by atoms with Crippen molar-refractivity contribution in [2.45, 2.75) is 59.2 Å². The van der Waals surface area contributed by atoms with E-state index in [9.17, 15) is 14.4 Å². The maximum atomic E-state index is 12.0. The lowest BCUT2D eigenvalue weighted by atomic mass is 9.96. The summed E-state index contributed by atoms with van der Waals surface area (Å²) in [5.41, 5.74) is -0.189. The number of hydrogen-bond donors (Lipinski definition) is 1. The lowest BCUT2D eigenvalue weighted by Gasteiger charge is -2.20. The van der Waals surface area contributed by atoms with Crippen molar-refractivity contribution in [1.29, 1.82) is 0 Å². The zero-order valence-corrected chi connectivity index (χ0v) is 13.0. The van der Waals surface area contributed by atoms with Crippen molar-refractivity contribution in [3.63, 3.8) is 0 Å². The van der Waals surface area contributed by atoms with Gasteiger partial charge in [-0.15, -0.1) is 0 Å². The maximum absolute atomic E-state index is 12.0. The Morgan fingerprint density at radius 3 is 1.95 bits per heavy atom. The highest BCUT2D eigenvalue weighted by molar-refractivity contribution is 5.96. The number of esters is 2. The van der Waals surface area contributed by atoms with Crippen LogP contribution in [0.3, 0.4) is 0 Å². The number of rotatable bonds is 9. The van der Waals surface area contributed by atoms with Crippen LogP contribution in [0, 0.1) is 5.92 Å². The third-order valence-electron chi connectivity index (χ3n) is 3.12. The Morgan fingerprint density at radius 1 is 1.05 bits per heavy atom. The highest BCUT2D eigenvalue weighted by Crippen LogP contribution is 2.19. The monoisotopic (exact) mass is 300 g/mol. The molecular formula is C15H24O6. The molecule has 120 valence electrons. The van der Waals surface area contributed by atoms with E-state index >= 15 is 0 Å². The molecule has 0 aliphatic heterocycles. The van der Waals surface area contributed by atoms with E-state index in [4.69, 9.17) is 14.6 Å². The van der Waals surface area contributed by atoms with Crippen LogP contribution in [-0.2, 0) is 23.9 Å². The third-order valence-corrected chi connectivity index (χ3v) is 3.12. The molecule has 0 amide bonds. The standard InChI is InChI=1S/C15H24O6/c1-6-9(3)20-14(18)11(5)12(8-13(16)17)15(19)21-10(4)7-2/h9-10,12H,5-8H2,1-4H3,(H,16,17). The van der Waals surface area contributed by atoms with Crippen molar-refractivity contribution in [1.82, 2.24) is 0 Å². The Morgan fingerprint density at radius 2 is 1.52 bits per heavy atom. The molecule has 0 saturated heterocycles. The summed E-state index contributed by atoms with van der Waals surface area (Å²) in [7, 11) is 0. The van der Waals surface area contributed by atoms with Crippen molar-refractivity contribution in [3.8, 4) is 0 Å². The van der Waals surface area contributed by atoms with Gasteiger partial charge in [-0.3, -0.25) is 9.59 Å². The molecule has 0 radical (unpaired) electrons. The minimum Gasteiger partial charge on any atom is -0.481 e. The van der Waals surface area contributed by atoms with Crippen molar-refractivity contribution < 1.29 is 29.0 Å². The quantitative estimate of drug-likeness (QED) is 0.519. The van der Waals surface area contributed by atoms with E-state index in [1.165, 1.54) is 0 Å². The van der Waals surface area contributed by atoms with E-state index in [0.717, 1.165) is 0 Å². The molecule has 3 unspecified atom stereocenters. The Balaban J connectivity index is 4.96. The van der Waals surface area contributed by atoms with Crippen LogP contribution >= 0.6 is 0 Å². The number of aliphatic carboxylic acids is 1. The average Bonchev–Trinajstić information content (AvgIpc) is 2.42. The zero-order valence-electron chi connectivity index (χ0n) is 13.0. The lowest BCUT2D eigenvalue weighted by Crippen LogP contribution is -2.30. The van der Waals surface area contributed by atoms with Gasteiger partial charge in [0.15, 0.2) is 0 Å². The van der Waals surface area contributed by atoms with Crippen molar-refractivity contribution in [2.24, 2.45) is 5.92 Å². The molecule has 1 N–H and O–H groups in total. The SMILES string of the molecule is C=C(C(=O)OC(C)CC)C(CC(=O)O)C(=O)OC(C)CC. The molecule has 6 heteroatoms. The Hall–Kier alpha value is -1.85. The normalized spacial score (nSPS) is 14.7. The number of carbonyl (C=O) groups is 3. The first-order valence-electron chi connectivity index (χ1n) is 7.04. The molecule has 0 aliphatic rings. The fraction of sp³-hybridized carbons (Fsp3) is 0.667. The average molecular weight is 300 g/mol. The summed E-state index contributed by atoms with van der Waals surface area (Å²) >= 11 is 0. The lowest BCUT2D eigenvalue weighted by molar-refractivity contribution is -0.158. The van der Waals surface area contributed by atoms with Crippen LogP contribution in [0.4, 0.5) is 0 Å². The highest BCUT2D eigenvalue weighted by Gasteiger charge is 2.32. The summed E-state index contributed by atoms with van der Waals surface area (Å²) < 4.78 is 10.2. The van der Waals surface area contributed by atoms with E-state index in [-0.39, 0.29) is 17.8 Å². The van der Waals surface area contributed by atoms with Crippen molar-refractivity contribution >= 4 is 17.9 Å². The molecule has 21 heavy (non-hydrogen) atoms. The topological polar surface area (TPSA) is 89.9 Å². The van der Waals surface area contributed by atoms with E-state index in [1.807, 2.05) is 13.8 Å². The van der Waals surface area contributed by atoms with Crippen molar-refractivity contribution in [2.75, 3.05) is 0 Å². The Labute approximate surface area is 125 Å². The molecule has 0 heterocycles. The largest absolute Gasteiger partial charge is 0.481 e. The van der Waals surface area contributed by atoms with Crippen LogP contribution in [0.2, 0.25) is 0 Å². The van der Waals surface area contributed by atoms with Gasteiger partial charge in [-0.05, 0) is 26.7 Å². The molecule has 0 rings (SSSR count). The first-order chi connectivity index (χ1) is 9.72. The molecule has 0 bridgehead atoms. The van der Waals surface area contributed by atoms with Gasteiger partial charge in [0.05, 0.1) is 24.5 Å². The van der Waals surface area contributed by atoms with Gasteiger partial charge in [-0.2, -0.15) is 0 Å². The van der Waals surface area contributed by atoms with E-state index in [1.54, 1.807) is 13.8 Å². The molecule has 0 aliphatic carbocycles. The number of carbonyl (C=O) groups excluding carboxylic acids is 2. The number of carboxylic acid groups (broad SMARTS) is 1. The summed E-state index contributed by atoms with van der Waals surface area (Å²) in [6, 6.07) is 0. The van der Waals surface area contributed by atoms with E-state index in [0.29, 0.717) is 12.8 Å². The summed E-state index contributed by atoms with van der Waals surface area (Å²) in [4.78, 5) is 34.7. The minimum atomic E-state index is -1.23. The fourth-order valence-electron chi connectivity index (χ4n) is 1.37. The molecule has 3 atom stereocenters. The third kappa shape index (κ3) is 6.92. The molecule has 6 nitrogen and oxygen atoms in total. The van der Waals surface area contributed by atoms with Crippen LogP contribution < -0.4 is 0 Å². The Kier molecular flexibility index (Phi) is 8.35. The van der Waals surface area contributed by atoms with E-state index < -0.39 is 30.2 Å². The van der Waals surface area contributed by atoms with Gasteiger partial charge in [0, 0.05) is 5.57 Å². The summed E-state index contributed by atoms with van der Waals surface area (Å²) in [5.74, 6) is -3.97. The molecular weight excluding hydrogens is 276 g/mol. The van der Waals surface area contributed by atoms with Crippen LogP contribution in [0.1, 0.15) is 47.0 Å². The molecule has 0 aromatic carbocycles. The first kappa shape index (κ1) is 19.1. The smallest absolute Gasteiger partial charge is 0.334 e. The summed E-state index contributed by atoms with van der Waals surface area (Å²) in [6.45, 7) is 10.6. The van der Waals surface area contributed by atoms with Crippen LogP contribution in [0.25, 0.3) is 0 Å². The van der Waals surface area contributed by atoms with Gasteiger partial charge in [0.1, 0.15) is 0 Å². The predicted molar refractivity (Wildman–Crippen MR) is 76.6 cm³/mol. The summed E-state index contributed by atoms with van der Waals surface area (Å²) in [5, 5.41) is 8.88. The van der Waals surface area contributed by atoms with Crippen molar-refractivity contribution in [3.05, 3.63) is 12.2 Å². The second kappa shape index (κ2) is 9.15. The molecule has 0 aromatic heterocycles. The minimum absolute atomic E-state index is 0.189. The molecule has 0 spiro atoms. The summed E-state index contributed by atoms with van der Waals surface area (Å²) in [6.07, 6.45) is -0.0311. The molecule has 0 saturated carbocycles. The second-order valence-electron chi connectivity index (χ2n) is 4.96. The predicted octanol–water partition coefficient (Wildman–Crippen LogP) is 2.32. The fourth-order valence-corrected chi connectivity index (χ4v) is 1.37. The zero-order chi connectivity index (χ0) is 16.6. The van der Waals surface area contributed by atoms with Gasteiger partial charge in [-0.25, -0.2) is 4.79 Å². The molecule has 0 aromatic rings. The second-order valence-corrected chi connectivity index (χ2v) is 4.96. The highest BCUT2D eigenvalue weighted by atomic mass is 16.6.